The van der Waals surface area contributed by atoms with Crippen LogP contribution in [0.2, 0.25) is 0 Å². The Morgan fingerprint density at radius 3 is 1.71 bits per heavy atom. The molecular weight excluding hydrogens is 824 g/mol. The van der Waals surface area contributed by atoms with Crippen LogP contribution in [0.1, 0.15) is 59.5 Å². The summed E-state index contributed by atoms with van der Waals surface area (Å²) in [5.74, 6) is -0.323. The fourth-order valence-corrected chi connectivity index (χ4v) is 12.8. The first-order valence-corrected chi connectivity index (χ1v) is 20.3. The van der Waals surface area contributed by atoms with Gasteiger partial charge in [0, 0.05) is 0 Å². The van der Waals surface area contributed by atoms with Crippen molar-refractivity contribution in [3.8, 4) is 4.37 Å². The number of nitrogens with zero attached hydrogens (tertiary/aromatic N) is 1. The predicted molar refractivity (Wildman–Crippen MR) is 209 cm³/mol. The molecule has 0 spiro atoms. The fourth-order valence-electron chi connectivity index (χ4n) is 6.96. The van der Waals surface area contributed by atoms with Crippen molar-refractivity contribution in [3.63, 3.8) is 0 Å². The summed E-state index contributed by atoms with van der Waals surface area (Å²) in [4.78, 5) is 29.2. The van der Waals surface area contributed by atoms with Crippen LogP contribution in [0.25, 0.3) is 12.2 Å². The van der Waals surface area contributed by atoms with Crippen molar-refractivity contribution >= 4 is 47.1 Å². The normalized spacial score (nSPS) is 16.9. The molecule has 1 saturated heterocycles. The minimum absolute atomic E-state index is 0.150. The third-order valence-electron chi connectivity index (χ3n) is 9.25. The molecule has 1 fully saturated rings. The predicted octanol–water partition coefficient (Wildman–Crippen LogP) is 8.64. The molecule has 6 heteroatoms. The quantitative estimate of drug-likeness (QED) is 0.0912. The van der Waals surface area contributed by atoms with E-state index < -0.39 is 7.26 Å². The number of carbonyl (C=O) groups excluding carboxylic acids is 2. The third kappa shape index (κ3) is 7.06. The first-order chi connectivity index (χ1) is 24.8. The Hall–Kier alpha value is -4.47. The average molecular weight is 866 g/mol. The summed E-state index contributed by atoms with van der Waals surface area (Å²) < 4.78 is 9.72. The zero-order valence-corrected chi connectivity index (χ0v) is 32.9. The molecule has 0 aliphatic carbocycles. The van der Waals surface area contributed by atoms with Crippen molar-refractivity contribution in [1.29, 1.82) is 0 Å². The molecule has 2 heterocycles. The van der Waals surface area contributed by atoms with Crippen LogP contribution in [-0.2, 0) is 22.7 Å². The number of imide groups is 1. The standard InChI is InChI=1S/C45H42NO3P.Os/c1-6-17-35-24-25-36(43-42(35)44(47)46(45(43)48)29-32(3)4)26-27-37(28-38-31-49-30-34(38)7-2)33(5)50(39-18-11-8-12-19-39,40-20-13-9-14-21-40)41-22-15-10-16-23-41;/h6-28,32H,29-31H2,1-4H3;/q+1;/b17-6+,27-26+,34-7?,37-33?,38-28?;. The van der Waals surface area contributed by atoms with E-state index in [1.165, 1.54) is 20.8 Å². The van der Waals surface area contributed by atoms with E-state index in [9.17, 15) is 9.59 Å². The number of rotatable bonds is 10. The second-order valence-electron chi connectivity index (χ2n) is 13.0. The van der Waals surface area contributed by atoms with Gasteiger partial charge in [-0.15, -0.1) is 0 Å². The fraction of sp³-hybridized carbons (Fsp3) is 0.178. The van der Waals surface area contributed by atoms with Crippen LogP contribution in [0.15, 0.2) is 149 Å². The summed E-state index contributed by atoms with van der Waals surface area (Å²) in [7, 11) is -2.53. The number of benzene rings is 4. The third-order valence-corrected chi connectivity index (χ3v) is 14.6. The van der Waals surface area contributed by atoms with Crippen molar-refractivity contribution in [3.05, 3.63) is 172 Å². The van der Waals surface area contributed by atoms with Gasteiger partial charge in [-0.05, 0) is 0 Å². The second-order valence-corrected chi connectivity index (χ2v) is 17.0. The molecule has 0 radical (unpaired) electrons. The summed E-state index contributed by atoms with van der Waals surface area (Å²) in [6.07, 6.45) is 12.3. The van der Waals surface area contributed by atoms with E-state index in [1.54, 1.807) is 17.9 Å². The van der Waals surface area contributed by atoms with E-state index in [0.717, 1.165) is 27.6 Å². The Bertz CT molecular complexity index is 2040. The Balaban J connectivity index is 1.68. The number of ether oxygens (including phenoxy) is 1. The summed E-state index contributed by atoms with van der Waals surface area (Å²) in [6, 6.07) is 36.2. The maximum absolute atomic E-state index is 14.0. The molecule has 4 aromatic carbocycles. The van der Waals surface area contributed by atoms with Crippen LogP contribution < -0.4 is 15.9 Å². The molecular formula is C45H42NO3OsP+. The summed E-state index contributed by atoms with van der Waals surface area (Å²) in [5.41, 5.74) is 5.66. The number of fused-ring (bicyclic) bond motifs is 1. The Labute approximate surface area is 312 Å². The molecule has 0 saturated carbocycles. The molecule has 0 atom stereocenters. The van der Waals surface area contributed by atoms with Gasteiger partial charge in [0.25, 0.3) is 0 Å². The van der Waals surface area contributed by atoms with Gasteiger partial charge < -0.3 is 0 Å². The summed E-state index contributed by atoms with van der Waals surface area (Å²) in [5, 5.41) is 4.74. The average Bonchev–Trinajstić information content (AvgIpc) is 3.71. The maximum atomic E-state index is 14.0. The SMILES string of the molecule is CC=C1COCC1=CC(/C=C/c1ccc(/C=C/C)c2c1C(=O)N(CC(C)C)C2=O)=C([C]#[Os])[P+](c1ccccc1)(c1ccccc1)c1ccccc1. The van der Waals surface area contributed by atoms with E-state index in [1.807, 2.05) is 58.1 Å². The van der Waals surface area contributed by atoms with Gasteiger partial charge in [-0.3, -0.25) is 0 Å². The van der Waals surface area contributed by atoms with Crippen LogP contribution in [-0.4, -0.2) is 36.5 Å². The van der Waals surface area contributed by atoms with Crippen molar-refractivity contribution in [2.75, 3.05) is 19.8 Å². The molecule has 0 aromatic heterocycles. The van der Waals surface area contributed by atoms with Crippen LogP contribution in [0.3, 0.4) is 0 Å². The van der Waals surface area contributed by atoms with Crippen molar-refractivity contribution in [2.24, 2.45) is 5.92 Å². The molecule has 2 aliphatic heterocycles. The zero-order chi connectivity index (χ0) is 36.0. The number of hydrogen-bond donors (Lipinski definition) is 0. The molecule has 4 aromatic rings. The Morgan fingerprint density at radius 1 is 0.765 bits per heavy atom. The number of allylic oxidation sites excluding steroid dienone is 6. The van der Waals surface area contributed by atoms with Gasteiger partial charge in [0.1, 0.15) is 0 Å². The first kappa shape index (κ1) is 36.3. The van der Waals surface area contributed by atoms with Crippen LogP contribution in [0.4, 0.5) is 0 Å². The molecule has 257 valence electrons. The van der Waals surface area contributed by atoms with Gasteiger partial charge in [-0.25, -0.2) is 0 Å². The van der Waals surface area contributed by atoms with Crippen molar-refractivity contribution in [1.82, 2.24) is 4.90 Å². The minimum atomic E-state index is -2.53. The monoisotopic (exact) mass is 867 g/mol. The van der Waals surface area contributed by atoms with Gasteiger partial charge in [0.2, 0.25) is 0 Å². The first-order valence-electron chi connectivity index (χ1n) is 17.3. The summed E-state index contributed by atoms with van der Waals surface area (Å²) >= 11 is 1.74. The molecule has 4 nitrogen and oxygen atoms in total. The summed E-state index contributed by atoms with van der Waals surface area (Å²) in [6.45, 7) is 9.46. The molecule has 6 rings (SSSR count). The van der Waals surface area contributed by atoms with Gasteiger partial charge in [-0.1, -0.05) is 0 Å². The number of amides is 2. The van der Waals surface area contributed by atoms with Crippen molar-refractivity contribution in [2.45, 2.75) is 27.7 Å². The van der Waals surface area contributed by atoms with E-state index >= 15 is 0 Å². The topological polar surface area (TPSA) is 46.6 Å². The second kappa shape index (κ2) is 16.3. The van der Waals surface area contributed by atoms with E-state index in [-0.39, 0.29) is 17.7 Å². The van der Waals surface area contributed by atoms with E-state index in [2.05, 4.69) is 114 Å². The number of hydrogen-bond acceptors (Lipinski definition) is 3. The van der Waals surface area contributed by atoms with Gasteiger partial charge in [-0.2, -0.15) is 0 Å². The molecule has 0 bridgehead atoms. The molecule has 51 heavy (non-hydrogen) atoms. The van der Waals surface area contributed by atoms with Gasteiger partial charge in [0.15, 0.2) is 0 Å². The zero-order valence-electron chi connectivity index (χ0n) is 29.5. The van der Waals surface area contributed by atoms with Crippen LogP contribution in [0, 0.1) is 10.3 Å². The van der Waals surface area contributed by atoms with Crippen molar-refractivity contribution < 1.29 is 32.3 Å². The van der Waals surface area contributed by atoms with E-state index in [4.69, 9.17) is 4.74 Å². The Kier molecular flexibility index (Phi) is 11.6. The molecule has 2 amide bonds. The van der Waals surface area contributed by atoms with Crippen LogP contribution >= 0.6 is 7.26 Å². The van der Waals surface area contributed by atoms with Crippen LogP contribution in [0.5, 0.6) is 0 Å². The number of carbonyl (C=O) groups is 2. The van der Waals surface area contributed by atoms with E-state index in [0.29, 0.717) is 36.4 Å². The molecule has 0 N–H and O–H groups in total. The van der Waals surface area contributed by atoms with Gasteiger partial charge >= 0.3 is 314 Å². The molecule has 0 unspecified atom stereocenters. The Morgan fingerprint density at radius 2 is 1.25 bits per heavy atom. The van der Waals surface area contributed by atoms with Gasteiger partial charge in [0.05, 0.1) is 0 Å². The molecule has 2 aliphatic rings.